The summed E-state index contributed by atoms with van der Waals surface area (Å²) in [6, 6.07) is 5.85. The number of carbonyl (C=O) groups excluding carboxylic acids is 1. The molecule has 1 aromatic rings. The molecule has 98 valence electrons. The third kappa shape index (κ3) is 5.59. The van der Waals surface area contributed by atoms with E-state index in [1.54, 1.807) is 18.2 Å². The molecule has 0 saturated carbocycles. The highest BCUT2D eigenvalue weighted by atomic mass is 19.1. The van der Waals surface area contributed by atoms with Gasteiger partial charge in [0.2, 0.25) is 5.91 Å². The molecule has 0 spiro atoms. The molecule has 0 bridgehead atoms. The van der Waals surface area contributed by atoms with Gasteiger partial charge in [0.05, 0.1) is 6.10 Å². The molecule has 0 fully saturated rings. The quantitative estimate of drug-likeness (QED) is 0.761. The van der Waals surface area contributed by atoms with Crippen LogP contribution in [-0.2, 0) is 4.79 Å². The summed E-state index contributed by atoms with van der Waals surface area (Å²) in [6.45, 7) is 2.22. The first-order chi connectivity index (χ1) is 8.61. The standard InChI is InChI=1S/C14H18FNO2/c1-2-3-13(17)10-16-14(18)9-6-11-4-7-12(15)8-5-11/h4-9,13,17H,2-3,10H2,1H3,(H,16,18)/b9-6+. The van der Waals surface area contributed by atoms with Crippen molar-refractivity contribution in [3.8, 4) is 0 Å². The second-order valence-corrected chi connectivity index (χ2v) is 4.07. The molecule has 0 heterocycles. The van der Waals surface area contributed by atoms with Gasteiger partial charge in [-0.25, -0.2) is 4.39 Å². The van der Waals surface area contributed by atoms with Gasteiger partial charge in [0.15, 0.2) is 0 Å². The lowest BCUT2D eigenvalue weighted by atomic mass is 10.2. The van der Waals surface area contributed by atoms with E-state index in [2.05, 4.69) is 5.32 Å². The molecule has 0 aromatic heterocycles. The SMILES string of the molecule is CCCC(O)CNC(=O)/C=C/c1ccc(F)cc1. The zero-order valence-corrected chi connectivity index (χ0v) is 10.4. The maximum atomic E-state index is 12.6. The van der Waals surface area contributed by atoms with Gasteiger partial charge in [-0.15, -0.1) is 0 Å². The Morgan fingerprint density at radius 1 is 1.44 bits per heavy atom. The van der Waals surface area contributed by atoms with Crippen LogP contribution in [0.5, 0.6) is 0 Å². The number of rotatable bonds is 6. The minimum Gasteiger partial charge on any atom is -0.391 e. The molecule has 18 heavy (non-hydrogen) atoms. The van der Waals surface area contributed by atoms with Gasteiger partial charge >= 0.3 is 0 Å². The van der Waals surface area contributed by atoms with Crippen molar-refractivity contribution < 1.29 is 14.3 Å². The van der Waals surface area contributed by atoms with Gasteiger partial charge in [-0.2, -0.15) is 0 Å². The largest absolute Gasteiger partial charge is 0.391 e. The average Bonchev–Trinajstić information content (AvgIpc) is 2.36. The van der Waals surface area contributed by atoms with Crippen molar-refractivity contribution in [1.82, 2.24) is 5.32 Å². The van der Waals surface area contributed by atoms with Crippen molar-refractivity contribution >= 4 is 12.0 Å². The predicted molar refractivity (Wildman–Crippen MR) is 69.4 cm³/mol. The van der Waals surface area contributed by atoms with Crippen molar-refractivity contribution in [2.24, 2.45) is 0 Å². The normalized spacial score (nSPS) is 12.6. The second-order valence-electron chi connectivity index (χ2n) is 4.07. The minimum atomic E-state index is -0.502. The molecule has 1 amide bonds. The summed E-state index contributed by atoms with van der Waals surface area (Å²) in [7, 11) is 0. The van der Waals surface area contributed by atoms with Crippen molar-refractivity contribution in [2.45, 2.75) is 25.9 Å². The second kappa shape index (κ2) is 7.61. The Hall–Kier alpha value is -1.68. The van der Waals surface area contributed by atoms with Crippen molar-refractivity contribution in [3.05, 3.63) is 41.7 Å². The van der Waals surface area contributed by atoms with Crippen LogP contribution in [0.2, 0.25) is 0 Å². The summed E-state index contributed by atoms with van der Waals surface area (Å²) in [6.07, 6.45) is 4.01. The summed E-state index contributed by atoms with van der Waals surface area (Å²) in [5.74, 6) is -0.575. The first kappa shape index (κ1) is 14.4. The Morgan fingerprint density at radius 2 is 2.11 bits per heavy atom. The molecule has 1 unspecified atom stereocenters. The van der Waals surface area contributed by atoms with Crippen molar-refractivity contribution in [2.75, 3.05) is 6.54 Å². The third-order valence-corrected chi connectivity index (χ3v) is 2.43. The van der Waals surface area contributed by atoms with E-state index in [0.717, 1.165) is 12.0 Å². The molecule has 0 aliphatic carbocycles. The van der Waals surface area contributed by atoms with Crippen LogP contribution in [0.1, 0.15) is 25.3 Å². The van der Waals surface area contributed by atoms with Crippen LogP contribution >= 0.6 is 0 Å². The highest BCUT2D eigenvalue weighted by molar-refractivity contribution is 5.91. The van der Waals surface area contributed by atoms with Crippen LogP contribution in [0.25, 0.3) is 6.08 Å². The molecule has 1 atom stereocenters. The zero-order chi connectivity index (χ0) is 13.4. The monoisotopic (exact) mass is 251 g/mol. The molecule has 4 heteroatoms. The van der Waals surface area contributed by atoms with Crippen LogP contribution in [0.4, 0.5) is 4.39 Å². The van der Waals surface area contributed by atoms with E-state index in [1.165, 1.54) is 18.2 Å². The number of halogens is 1. The van der Waals surface area contributed by atoms with Gasteiger partial charge in [0.1, 0.15) is 5.82 Å². The molecule has 0 aliphatic rings. The Morgan fingerprint density at radius 3 is 2.72 bits per heavy atom. The number of carbonyl (C=O) groups is 1. The van der Waals surface area contributed by atoms with Gasteiger partial charge in [0.25, 0.3) is 0 Å². The minimum absolute atomic E-state index is 0.250. The van der Waals surface area contributed by atoms with E-state index >= 15 is 0 Å². The summed E-state index contributed by atoms with van der Waals surface area (Å²) >= 11 is 0. The topological polar surface area (TPSA) is 49.3 Å². The van der Waals surface area contributed by atoms with Gasteiger partial charge < -0.3 is 10.4 Å². The molecule has 3 nitrogen and oxygen atoms in total. The molecule has 1 rings (SSSR count). The predicted octanol–water partition coefficient (Wildman–Crippen LogP) is 2.12. The number of benzene rings is 1. The van der Waals surface area contributed by atoms with Gasteiger partial charge in [0, 0.05) is 12.6 Å². The average molecular weight is 251 g/mol. The van der Waals surface area contributed by atoms with E-state index in [4.69, 9.17) is 0 Å². The van der Waals surface area contributed by atoms with Crippen LogP contribution in [0.15, 0.2) is 30.3 Å². The zero-order valence-electron chi connectivity index (χ0n) is 10.4. The Labute approximate surface area is 106 Å². The summed E-state index contributed by atoms with van der Waals surface area (Å²) in [5, 5.41) is 12.0. The number of aliphatic hydroxyl groups excluding tert-OH is 1. The molecule has 0 radical (unpaired) electrons. The first-order valence-corrected chi connectivity index (χ1v) is 6.01. The molecule has 1 aromatic carbocycles. The van der Waals surface area contributed by atoms with Crippen molar-refractivity contribution in [1.29, 1.82) is 0 Å². The highest BCUT2D eigenvalue weighted by Gasteiger charge is 2.03. The van der Waals surface area contributed by atoms with Gasteiger partial charge in [-0.05, 0) is 30.2 Å². The first-order valence-electron chi connectivity index (χ1n) is 6.01. The Kier molecular flexibility index (Phi) is 6.08. The fraction of sp³-hybridized carbons (Fsp3) is 0.357. The summed E-state index contributed by atoms with van der Waals surface area (Å²) in [5.41, 5.74) is 0.751. The smallest absolute Gasteiger partial charge is 0.244 e. The lowest BCUT2D eigenvalue weighted by Crippen LogP contribution is -2.30. The number of amides is 1. The third-order valence-electron chi connectivity index (χ3n) is 2.43. The Balaban J connectivity index is 2.37. The van der Waals surface area contributed by atoms with Crippen LogP contribution in [0.3, 0.4) is 0 Å². The molecular weight excluding hydrogens is 233 g/mol. The lowest BCUT2D eigenvalue weighted by Gasteiger charge is -2.08. The fourth-order valence-electron chi connectivity index (χ4n) is 1.46. The van der Waals surface area contributed by atoms with Gasteiger partial charge in [-0.3, -0.25) is 4.79 Å². The van der Waals surface area contributed by atoms with E-state index in [9.17, 15) is 14.3 Å². The summed E-state index contributed by atoms with van der Waals surface area (Å²) in [4.78, 5) is 11.4. The maximum Gasteiger partial charge on any atom is 0.244 e. The Bertz CT molecular complexity index is 401. The van der Waals surface area contributed by atoms with Crippen LogP contribution in [-0.4, -0.2) is 23.7 Å². The summed E-state index contributed by atoms with van der Waals surface area (Å²) < 4.78 is 12.6. The number of nitrogens with one attached hydrogen (secondary N) is 1. The molecular formula is C14H18FNO2. The van der Waals surface area contributed by atoms with Crippen LogP contribution in [0, 0.1) is 5.82 Å². The molecule has 0 aliphatic heterocycles. The van der Waals surface area contributed by atoms with E-state index in [0.29, 0.717) is 6.42 Å². The molecule has 2 N–H and O–H groups in total. The van der Waals surface area contributed by atoms with E-state index in [-0.39, 0.29) is 18.3 Å². The van der Waals surface area contributed by atoms with Gasteiger partial charge in [-0.1, -0.05) is 25.5 Å². The molecule has 0 saturated heterocycles. The number of hydrogen-bond donors (Lipinski definition) is 2. The number of hydrogen-bond acceptors (Lipinski definition) is 2. The maximum absolute atomic E-state index is 12.6. The number of aliphatic hydroxyl groups is 1. The fourth-order valence-corrected chi connectivity index (χ4v) is 1.46. The highest BCUT2D eigenvalue weighted by Crippen LogP contribution is 2.04. The van der Waals surface area contributed by atoms with E-state index < -0.39 is 6.10 Å². The lowest BCUT2D eigenvalue weighted by molar-refractivity contribution is -0.116. The van der Waals surface area contributed by atoms with Crippen LogP contribution < -0.4 is 5.32 Å². The van der Waals surface area contributed by atoms with Crippen molar-refractivity contribution in [3.63, 3.8) is 0 Å². The van der Waals surface area contributed by atoms with E-state index in [1.807, 2.05) is 6.92 Å².